The third-order valence-electron chi connectivity index (χ3n) is 2.94. The highest BCUT2D eigenvalue weighted by atomic mass is 16.4. The van der Waals surface area contributed by atoms with E-state index in [9.17, 15) is 9.59 Å². The fourth-order valence-electron chi connectivity index (χ4n) is 1.74. The molecular formula is C16H18O3. The number of aliphatic carboxylic acids is 1. The molecule has 0 aliphatic rings. The van der Waals surface area contributed by atoms with Crippen molar-refractivity contribution in [2.75, 3.05) is 0 Å². The van der Waals surface area contributed by atoms with Crippen molar-refractivity contribution < 1.29 is 14.7 Å². The highest BCUT2D eigenvalue weighted by Crippen LogP contribution is 2.19. The minimum absolute atomic E-state index is 0.0972. The zero-order valence-electron chi connectivity index (χ0n) is 11.4. The number of carboxylic acids is 1. The molecule has 0 radical (unpaired) electrons. The first-order valence-corrected chi connectivity index (χ1v) is 6.17. The van der Waals surface area contributed by atoms with Gasteiger partial charge in [0, 0.05) is 11.1 Å². The smallest absolute Gasteiger partial charge is 0.310 e. The third kappa shape index (κ3) is 3.65. The Morgan fingerprint density at radius 1 is 1.26 bits per heavy atom. The van der Waals surface area contributed by atoms with Crippen LogP contribution >= 0.6 is 0 Å². The van der Waals surface area contributed by atoms with E-state index in [4.69, 9.17) is 5.11 Å². The minimum Gasteiger partial charge on any atom is -0.481 e. The van der Waals surface area contributed by atoms with Gasteiger partial charge in [0.2, 0.25) is 0 Å². The van der Waals surface area contributed by atoms with Gasteiger partial charge in [0.25, 0.3) is 0 Å². The van der Waals surface area contributed by atoms with Gasteiger partial charge < -0.3 is 5.11 Å². The van der Waals surface area contributed by atoms with Gasteiger partial charge in [-0.3, -0.25) is 9.59 Å². The quantitative estimate of drug-likeness (QED) is 0.499. The van der Waals surface area contributed by atoms with E-state index in [0.29, 0.717) is 16.7 Å². The summed E-state index contributed by atoms with van der Waals surface area (Å²) in [4.78, 5) is 23.2. The molecule has 100 valence electrons. The topological polar surface area (TPSA) is 54.4 Å². The summed E-state index contributed by atoms with van der Waals surface area (Å²) in [6.07, 6.45) is 5.29. The highest BCUT2D eigenvalue weighted by molar-refractivity contribution is 6.10. The molecule has 0 bridgehead atoms. The fourth-order valence-corrected chi connectivity index (χ4v) is 1.74. The van der Waals surface area contributed by atoms with Crippen molar-refractivity contribution in [3.63, 3.8) is 0 Å². The van der Waals surface area contributed by atoms with Crippen molar-refractivity contribution in [3.05, 3.63) is 59.2 Å². The van der Waals surface area contributed by atoms with E-state index in [1.807, 2.05) is 6.92 Å². The van der Waals surface area contributed by atoms with E-state index in [1.165, 1.54) is 0 Å². The molecule has 0 saturated carbocycles. The van der Waals surface area contributed by atoms with Crippen LogP contribution < -0.4 is 0 Å². The van der Waals surface area contributed by atoms with Gasteiger partial charge in [0.1, 0.15) is 0 Å². The summed E-state index contributed by atoms with van der Waals surface area (Å²) in [7, 11) is 0. The van der Waals surface area contributed by atoms with E-state index in [2.05, 4.69) is 0 Å². The maximum Gasteiger partial charge on any atom is 0.310 e. The Labute approximate surface area is 113 Å². The molecule has 0 aromatic heterocycles. The maximum absolute atomic E-state index is 12.2. The minimum atomic E-state index is -0.899. The Hall–Kier alpha value is -2.16. The molecular weight excluding hydrogens is 240 g/mol. The predicted octanol–water partition coefficient (Wildman–Crippen LogP) is 3.58. The summed E-state index contributed by atoms with van der Waals surface area (Å²) in [5, 5.41) is 9.00. The summed E-state index contributed by atoms with van der Waals surface area (Å²) in [5.74, 6) is -1.62. The molecule has 1 unspecified atom stereocenters. The van der Waals surface area contributed by atoms with Gasteiger partial charge in [-0.25, -0.2) is 0 Å². The van der Waals surface area contributed by atoms with Crippen molar-refractivity contribution in [2.45, 2.75) is 26.7 Å². The van der Waals surface area contributed by atoms with Gasteiger partial charge in [0.05, 0.1) is 5.92 Å². The Morgan fingerprint density at radius 3 is 2.47 bits per heavy atom. The van der Waals surface area contributed by atoms with Crippen LogP contribution in [0, 0.1) is 0 Å². The molecule has 0 aliphatic heterocycles. The third-order valence-corrected chi connectivity index (χ3v) is 2.94. The number of carbonyl (C=O) groups is 2. The Kier molecular flexibility index (Phi) is 5.24. The maximum atomic E-state index is 12.2. The van der Waals surface area contributed by atoms with Crippen molar-refractivity contribution in [1.82, 2.24) is 0 Å². The number of carboxylic acid groups (broad SMARTS) is 1. The van der Waals surface area contributed by atoms with Crippen molar-refractivity contribution in [2.24, 2.45) is 0 Å². The van der Waals surface area contributed by atoms with Crippen LogP contribution in [0.2, 0.25) is 0 Å². The van der Waals surface area contributed by atoms with E-state index in [-0.39, 0.29) is 5.78 Å². The zero-order chi connectivity index (χ0) is 14.4. The van der Waals surface area contributed by atoms with E-state index < -0.39 is 11.9 Å². The molecule has 1 aromatic carbocycles. The van der Waals surface area contributed by atoms with Gasteiger partial charge in [-0.1, -0.05) is 36.4 Å². The van der Waals surface area contributed by atoms with Crippen LogP contribution in [-0.4, -0.2) is 16.9 Å². The largest absolute Gasteiger partial charge is 0.481 e. The number of hydrogen-bond donors (Lipinski definition) is 1. The molecule has 3 nitrogen and oxygen atoms in total. The molecule has 0 amide bonds. The van der Waals surface area contributed by atoms with E-state index in [1.54, 1.807) is 56.3 Å². The summed E-state index contributed by atoms with van der Waals surface area (Å²) < 4.78 is 0. The lowest BCUT2D eigenvalue weighted by Gasteiger charge is -2.08. The second-order valence-corrected chi connectivity index (χ2v) is 4.26. The second kappa shape index (κ2) is 6.69. The monoisotopic (exact) mass is 258 g/mol. The van der Waals surface area contributed by atoms with Gasteiger partial charge >= 0.3 is 5.97 Å². The molecule has 3 heteroatoms. The first-order chi connectivity index (χ1) is 9.01. The lowest BCUT2D eigenvalue weighted by molar-refractivity contribution is -0.138. The van der Waals surface area contributed by atoms with E-state index >= 15 is 0 Å². The van der Waals surface area contributed by atoms with Crippen LogP contribution in [0.1, 0.15) is 42.6 Å². The molecule has 0 saturated heterocycles. The van der Waals surface area contributed by atoms with Crippen LogP contribution in [0.15, 0.2) is 48.1 Å². The van der Waals surface area contributed by atoms with Gasteiger partial charge in [-0.2, -0.15) is 0 Å². The van der Waals surface area contributed by atoms with Crippen LogP contribution in [0.25, 0.3) is 0 Å². The first-order valence-electron chi connectivity index (χ1n) is 6.17. The Morgan fingerprint density at radius 2 is 1.95 bits per heavy atom. The van der Waals surface area contributed by atoms with Crippen LogP contribution in [0.4, 0.5) is 0 Å². The Balaban J connectivity index is 3.12. The average Bonchev–Trinajstić information content (AvgIpc) is 2.43. The van der Waals surface area contributed by atoms with Gasteiger partial charge in [0.15, 0.2) is 5.78 Å². The normalized spacial score (nSPS) is 13.5. The number of rotatable bonds is 5. The molecule has 0 aliphatic carbocycles. The lowest BCUT2D eigenvalue weighted by Crippen LogP contribution is -2.09. The highest BCUT2D eigenvalue weighted by Gasteiger charge is 2.16. The number of Topliss-reactive ketones (excluding diaryl/α,β-unsaturated/α-hetero) is 1. The number of benzene rings is 1. The fraction of sp³-hybridized carbons (Fsp3) is 0.250. The molecule has 0 heterocycles. The summed E-state index contributed by atoms with van der Waals surface area (Å²) in [5.41, 5.74) is 1.74. The average molecular weight is 258 g/mol. The van der Waals surface area contributed by atoms with Gasteiger partial charge in [-0.05, 0) is 32.4 Å². The predicted molar refractivity (Wildman–Crippen MR) is 75.4 cm³/mol. The van der Waals surface area contributed by atoms with Gasteiger partial charge in [-0.15, -0.1) is 0 Å². The van der Waals surface area contributed by atoms with Crippen molar-refractivity contribution in [3.8, 4) is 0 Å². The van der Waals surface area contributed by atoms with Crippen molar-refractivity contribution >= 4 is 11.8 Å². The molecule has 1 rings (SSSR count). The molecule has 0 spiro atoms. The SMILES string of the molecule is C/C=C\C(=C/C)C(=O)c1cccc(C(C)C(=O)O)c1. The number of carbonyl (C=O) groups excluding carboxylic acids is 1. The molecule has 0 fully saturated rings. The number of ketones is 1. The van der Waals surface area contributed by atoms with Crippen LogP contribution in [-0.2, 0) is 4.79 Å². The van der Waals surface area contributed by atoms with E-state index in [0.717, 1.165) is 0 Å². The molecule has 19 heavy (non-hydrogen) atoms. The standard InChI is InChI=1S/C16H18O3/c1-4-7-12(5-2)15(17)14-9-6-8-13(10-14)11(3)16(18)19/h4-11H,1-3H3,(H,18,19)/b7-4-,12-5+. The summed E-state index contributed by atoms with van der Waals surface area (Å²) in [6, 6.07) is 6.78. The molecule has 1 N–H and O–H groups in total. The van der Waals surface area contributed by atoms with Crippen LogP contribution in [0.5, 0.6) is 0 Å². The number of hydrogen-bond acceptors (Lipinski definition) is 2. The lowest BCUT2D eigenvalue weighted by atomic mass is 9.95. The van der Waals surface area contributed by atoms with Crippen molar-refractivity contribution in [1.29, 1.82) is 0 Å². The second-order valence-electron chi connectivity index (χ2n) is 4.26. The molecule has 1 atom stereocenters. The molecule has 1 aromatic rings. The number of allylic oxidation sites excluding steroid dienone is 4. The zero-order valence-corrected chi connectivity index (χ0v) is 11.4. The Bertz CT molecular complexity index is 539. The van der Waals surface area contributed by atoms with Crippen LogP contribution in [0.3, 0.4) is 0 Å². The first kappa shape index (κ1) is 14.9. The summed E-state index contributed by atoms with van der Waals surface area (Å²) >= 11 is 0. The summed E-state index contributed by atoms with van der Waals surface area (Å²) in [6.45, 7) is 5.26.